The van der Waals surface area contributed by atoms with Crippen LogP contribution >= 0.6 is 37.2 Å². The number of Topliss-reactive ketones (excluding diaryl/α,β-unsaturated/α-hetero) is 1. The van der Waals surface area contributed by atoms with Crippen molar-refractivity contribution < 1.29 is 9.53 Å². The molecule has 3 rings (SSSR count). The van der Waals surface area contributed by atoms with Gasteiger partial charge in [-0.05, 0) is 47.7 Å². The summed E-state index contributed by atoms with van der Waals surface area (Å²) in [5.41, 5.74) is 4.33. The fraction of sp³-hybridized carbons (Fsp3) is 0.278. The Morgan fingerprint density at radius 1 is 1.14 bits per heavy atom. The van der Waals surface area contributed by atoms with Crippen molar-refractivity contribution in [2.45, 2.75) is 25.7 Å². The Balaban J connectivity index is 0.000000847. The summed E-state index contributed by atoms with van der Waals surface area (Å²) in [6, 6.07) is 14.0. The third kappa shape index (κ3) is 3.48. The van der Waals surface area contributed by atoms with Crippen LogP contribution in [0.3, 0.4) is 0 Å². The van der Waals surface area contributed by atoms with E-state index in [4.69, 9.17) is 4.74 Å². The first kappa shape index (κ1) is 17.7. The third-order valence-corrected chi connectivity index (χ3v) is 4.11. The van der Waals surface area contributed by atoms with E-state index in [0.29, 0.717) is 0 Å². The number of ketones is 1. The van der Waals surface area contributed by atoms with Crippen LogP contribution in [-0.4, -0.2) is 12.9 Å². The lowest BCUT2D eigenvalue weighted by Crippen LogP contribution is -2.12. The minimum atomic E-state index is -0.0270. The molecular formula is C18H18I2O2. The van der Waals surface area contributed by atoms with Crippen LogP contribution in [0, 0.1) is 0 Å². The number of halogens is 2. The number of benzene rings is 2. The van der Waals surface area contributed by atoms with Gasteiger partial charge in [-0.3, -0.25) is 4.79 Å². The number of hydrogen-bond donors (Lipinski definition) is 0. The number of rotatable bonds is 2. The topological polar surface area (TPSA) is 26.3 Å². The summed E-state index contributed by atoms with van der Waals surface area (Å²) in [4.78, 5) is 12.8. The average Bonchev–Trinajstić information content (AvgIpc) is 2.69. The van der Waals surface area contributed by atoms with Crippen LogP contribution in [0.1, 0.15) is 46.3 Å². The highest BCUT2D eigenvalue weighted by Crippen LogP contribution is 2.34. The van der Waals surface area contributed by atoms with Crippen molar-refractivity contribution in [1.29, 1.82) is 0 Å². The fourth-order valence-corrected chi connectivity index (χ4v) is 3.06. The molecule has 1 aliphatic carbocycles. The molecule has 116 valence electrons. The Morgan fingerprint density at radius 3 is 2.55 bits per heavy atom. The van der Waals surface area contributed by atoms with E-state index >= 15 is 0 Å². The highest BCUT2D eigenvalue weighted by atomic mass is 128. The first-order chi connectivity index (χ1) is 10.7. The second kappa shape index (κ2) is 8.29. The van der Waals surface area contributed by atoms with E-state index < -0.39 is 0 Å². The standard InChI is InChI=1S/C18H18O2.I2/c1-3-15-16-7-5-4-6-12(16)10-13-11-14(20-2)8-9-17(13)18(15)19;1-2/h4-9,11,15H,3,10H2,1-2H3;. The molecule has 0 saturated heterocycles. The van der Waals surface area contributed by atoms with Crippen molar-refractivity contribution in [3.63, 3.8) is 0 Å². The van der Waals surface area contributed by atoms with Gasteiger partial charge in [-0.15, -0.1) is 0 Å². The summed E-state index contributed by atoms with van der Waals surface area (Å²) >= 11 is 4.24. The van der Waals surface area contributed by atoms with Gasteiger partial charge in [0.15, 0.2) is 5.78 Å². The predicted molar refractivity (Wildman–Crippen MR) is 108 cm³/mol. The molecule has 1 aliphatic rings. The molecular weight excluding hydrogens is 502 g/mol. The molecule has 2 aromatic carbocycles. The van der Waals surface area contributed by atoms with Gasteiger partial charge in [-0.1, -0.05) is 31.2 Å². The maximum absolute atomic E-state index is 12.8. The van der Waals surface area contributed by atoms with Crippen LogP contribution in [0.2, 0.25) is 0 Å². The second-order valence-electron chi connectivity index (χ2n) is 5.22. The number of fused-ring (bicyclic) bond motifs is 2. The van der Waals surface area contributed by atoms with Gasteiger partial charge in [0, 0.05) is 48.7 Å². The summed E-state index contributed by atoms with van der Waals surface area (Å²) in [7, 11) is 1.66. The van der Waals surface area contributed by atoms with E-state index in [2.05, 4.69) is 56.3 Å². The highest BCUT2D eigenvalue weighted by molar-refractivity contribution is 15.0. The molecule has 22 heavy (non-hydrogen) atoms. The van der Waals surface area contributed by atoms with Crippen molar-refractivity contribution in [3.05, 3.63) is 64.7 Å². The van der Waals surface area contributed by atoms with E-state index in [9.17, 15) is 4.79 Å². The first-order valence-corrected chi connectivity index (χ1v) is 13.5. The van der Waals surface area contributed by atoms with Crippen LogP contribution in [0.4, 0.5) is 0 Å². The van der Waals surface area contributed by atoms with E-state index in [1.807, 2.05) is 30.3 Å². The van der Waals surface area contributed by atoms with Crippen molar-refractivity contribution >= 4 is 43.0 Å². The van der Waals surface area contributed by atoms with Gasteiger partial charge in [0.1, 0.15) is 5.75 Å². The number of carbonyl (C=O) groups excluding carboxylic acids is 1. The van der Waals surface area contributed by atoms with E-state index in [0.717, 1.165) is 29.7 Å². The molecule has 0 aliphatic heterocycles. The monoisotopic (exact) mass is 520 g/mol. The quantitative estimate of drug-likeness (QED) is 0.472. The first-order valence-electron chi connectivity index (χ1n) is 7.17. The van der Waals surface area contributed by atoms with Crippen molar-refractivity contribution in [1.82, 2.24) is 0 Å². The van der Waals surface area contributed by atoms with Gasteiger partial charge >= 0.3 is 0 Å². The summed E-state index contributed by atoms with van der Waals surface area (Å²) in [5, 5.41) is 0. The average molecular weight is 520 g/mol. The Labute approximate surface area is 155 Å². The van der Waals surface area contributed by atoms with Gasteiger partial charge in [-0.25, -0.2) is 0 Å². The molecule has 2 aromatic rings. The molecule has 4 heteroatoms. The molecule has 0 fully saturated rings. The van der Waals surface area contributed by atoms with Gasteiger partial charge in [0.25, 0.3) is 0 Å². The Bertz CT molecular complexity index is 668. The summed E-state index contributed by atoms with van der Waals surface area (Å²) in [5.74, 6) is 1.01. The molecule has 0 aromatic heterocycles. The van der Waals surface area contributed by atoms with Gasteiger partial charge in [0.05, 0.1) is 7.11 Å². The van der Waals surface area contributed by atoms with E-state index in [-0.39, 0.29) is 11.7 Å². The van der Waals surface area contributed by atoms with Crippen molar-refractivity contribution in [3.8, 4) is 5.75 Å². The van der Waals surface area contributed by atoms with Gasteiger partial charge in [-0.2, -0.15) is 0 Å². The maximum atomic E-state index is 12.8. The van der Waals surface area contributed by atoms with Crippen molar-refractivity contribution in [2.24, 2.45) is 0 Å². The van der Waals surface area contributed by atoms with Crippen molar-refractivity contribution in [2.75, 3.05) is 7.11 Å². The number of methoxy groups -OCH3 is 1. The lowest BCUT2D eigenvalue weighted by atomic mass is 9.88. The molecule has 0 radical (unpaired) electrons. The summed E-state index contributed by atoms with van der Waals surface area (Å²) in [6.45, 7) is 2.08. The largest absolute Gasteiger partial charge is 0.497 e. The number of ether oxygens (including phenoxy) is 1. The minimum Gasteiger partial charge on any atom is -0.497 e. The third-order valence-electron chi connectivity index (χ3n) is 4.11. The van der Waals surface area contributed by atoms with Crippen LogP contribution < -0.4 is 4.74 Å². The molecule has 0 amide bonds. The SMILES string of the molecule is CCC1C(=O)c2ccc(OC)cc2Cc2ccccc21.II. The van der Waals surface area contributed by atoms with Crippen LogP contribution in [0.25, 0.3) is 0 Å². The predicted octanol–water partition coefficient (Wildman–Crippen LogP) is 5.75. The highest BCUT2D eigenvalue weighted by Gasteiger charge is 2.28. The molecule has 0 N–H and O–H groups in total. The fourth-order valence-electron chi connectivity index (χ4n) is 3.06. The lowest BCUT2D eigenvalue weighted by molar-refractivity contribution is 0.0957. The maximum Gasteiger partial charge on any atom is 0.170 e. The van der Waals surface area contributed by atoms with E-state index in [1.54, 1.807) is 7.11 Å². The molecule has 0 spiro atoms. The Kier molecular flexibility index (Phi) is 6.67. The number of carbonyl (C=O) groups is 1. The van der Waals surface area contributed by atoms with Gasteiger partial charge < -0.3 is 4.74 Å². The van der Waals surface area contributed by atoms with Crippen LogP contribution in [-0.2, 0) is 6.42 Å². The normalized spacial score (nSPS) is 15.8. The lowest BCUT2D eigenvalue weighted by Gasteiger charge is -2.14. The summed E-state index contributed by atoms with van der Waals surface area (Å²) in [6.07, 6.45) is 1.63. The molecule has 0 bridgehead atoms. The molecule has 2 nitrogen and oxygen atoms in total. The zero-order valence-electron chi connectivity index (χ0n) is 12.6. The Morgan fingerprint density at radius 2 is 1.86 bits per heavy atom. The minimum absolute atomic E-state index is 0.0270. The van der Waals surface area contributed by atoms with Gasteiger partial charge in [0.2, 0.25) is 0 Å². The molecule has 0 heterocycles. The smallest absolute Gasteiger partial charge is 0.170 e. The van der Waals surface area contributed by atoms with Crippen LogP contribution in [0.5, 0.6) is 5.75 Å². The Hall–Kier alpha value is -0.630. The zero-order valence-corrected chi connectivity index (χ0v) is 16.9. The number of hydrogen-bond acceptors (Lipinski definition) is 2. The van der Waals surface area contributed by atoms with E-state index in [1.165, 1.54) is 11.1 Å². The summed E-state index contributed by atoms with van der Waals surface area (Å²) < 4.78 is 5.29. The molecule has 0 saturated carbocycles. The molecule has 1 atom stereocenters. The second-order valence-corrected chi connectivity index (χ2v) is 5.22. The molecule has 1 unspecified atom stereocenters. The zero-order chi connectivity index (χ0) is 16.1. The van der Waals surface area contributed by atoms with Crippen LogP contribution in [0.15, 0.2) is 42.5 Å².